The third kappa shape index (κ3) is 3.09. The molecule has 1 fully saturated rings. The van der Waals surface area contributed by atoms with Crippen molar-refractivity contribution in [2.24, 2.45) is 0 Å². The Morgan fingerprint density at radius 2 is 2.07 bits per heavy atom. The molecule has 0 saturated carbocycles. The van der Waals surface area contributed by atoms with Gasteiger partial charge < -0.3 is 30.7 Å². The summed E-state index contributed by atoms with van der Waals surface area (Å²) in [5, 5.41) is 39.3. The Hall–Kier alpha value is -3.13. The summed E-state index contributed by atoms with van der Waals surface area (Å²) in [6.45, 7) is -0.446. The molecule has 0 aliphatic carbocycles. The summed E-state index contributed by atoms with van der Waals surface area (Å²) < 4.78 is 8.36. The van der Waals surface area contributed by atoms with E-state index in [1.54, 1.807) is 7.05 Å². The van der Waals surface area contributed by atoms with Gasteiger partial charge in [0.15, 0.2) is 23.2 Å². The monoisotopic (exact) mass is 404 g/mol. The Balaban J connectivity index is 1.80. The van der Waals surface area contributed by atoms with Gasteiger partial charge in [-0.05, 0) is 0 Å². The van der Waals surface area contributed by atoms with E-state index < -0.39 is 31.1 Å². The number of imidazole rings is 1. The van der Waals surface area contributed by atoms with E-state index in [1.165, 1.54) is 35.0 Å². The van der Waals surface area contributed by atoms with Crippen molar-refractivity contribution in [2.75, 3.05) is 26.0 Å². The maximum absolute atomic E-state index is 11.8. The molecule has 5 N–H and O–H groups in total. The Labute approximate surface area is 164 Å². The van der Waals surface area contributed by atoms with Gasteiger partial charge in [-0.25, -0.2) is 9.67 Å². The van der Waals surface area contributed by atoms with Crippen LogP contribution in [0.2, 0.25) is 0 Å². The van der Waals surface area contributed by atoms with Crippen LogP contribution in [-0.4, -0.2) is 89.5 Å². The highest BCUT2D eigenvalue weighted by atomic mass is 16.6. The molecule has 13 nitrogen and oxygen atoms in total. The zero-order valence-electron chi connectivity index (χ0n) is 15.6. The first-order valence-corrected chi connectivity index (χ1v) is 8.80. The zero-order valence-corrected chi connectivity index (χ0v) is 15.6. The van der Waals surface area contributed by atoms with Gasteiger partial charge in [-0.2, -0.15) is 15.1 Å². The molecule has 154 valence electrons. The Morgan fingerprint density at radius 1 is 1.28 bits per heavy atom. The van der Waals surface area contributed by atoms with Gasteiger partial charge in [-0.3, -0.25) is 9.36 Å². The number of aromatic nitrogens is 6. The van der Waals surface area contributed by atoms with Crippen LogP contribution in [0.3, 0.4) is 0 Å². The number of nitrogens with zero attached hydrogens (tertiary/aromatic N) is 6. The molecule has 4 heterocycles. The number of nitrogens with one attached hydrogen (secondary N) is 2. The first-order valence-electron chi connectivity index (χ1n) is 8.80. The van der Waals surface area contributed by atoms with E-state index in [1.807, 2.05) is 0 Å². The van der Waals surface area contributed by atoms with Gasteiger partial charge in [0.2, 0.25) is 0 Å². The molecule has 0 unspecified atom stereocenters. The van der Waals surface area contributed by atoms with Crippen molar-refractivity contribution >= 4 is 22.9 Å². The highest BCUT2D eigenvalue weighted by Crippen LogP contribution is 2.32. The lowest BCUT2D eigenvalue weighted by Gasteiger charge is -2.17. The van der Waals surface area contributed by atoms with Gasteiger partial charge in [0.25, 0.3) is 11.9 Å². The molecular weight excluding hydrogens is 384 g/mol. The van der Waals surface area contributed by atoms with Gasteiger partial charge in [-0.1, -0.05) is 0 Å². The van der Waals surface area contributed by atoms with Crippen LogP contribution in [0, 0.1) is 0 Å². The zero-order chi connectivity index (χ0) is 20.7. The standard InChI is InChI=1S/C16H20N8O5/c1-17-12-9-13(22-16(21-12)24-4-7(3-20-24)14(28)18-2)23(6-19-9)15-11(27)10(26)8(5-25)29-15/h3-4,6,8,10-11,15,25-27H,5H2,1-2H3,(H,18,28)(H,17,21,22)/t8-,10-,11-,15-/m1/s1. The minimum atomic E-state index is -1.29. The van der Waals surface area contributed by atoms with Crippen LogP contribution in [0.1, 0.15) is 16.6 Å². The number of fused-ring (bicyclic) bond motifs is 1. The number of ether oxygens (including phenoxy) is 1. The number of anilines is 1. The molecule has 3 aromatic heterocycles. The van der Waals surface area contributed by atoms with Gasteiger partial charge in [0.1, 0.15) is 18.3 Å². The molecule has 4 rings (SSSR count). The lowest BCUT2D eigenvalue weighted by Crippen LogP contribution is -2.33. The molecule has 1 aliphatic heterocycles. The van der Waals surface area contributed by atoms with Gasteiger partial charge in [0, 0.05) is 20.3 Å². The summed E-state index contributed by atoms with van der Waals surface area (Å²) in [5.41, 5.74) is 1.05. The molecule has 1 amide bonds. The third-order valence-corrected chi connectivity index (χ3v) is 4.71. The van der Waals surface area contributed by atoms with Crippen LogP contribution in [0.4, 0.5) is 5.82 Å². The van der Waals surface area contributed by atoms with Crippen LogP contribution in [0.25, 0.3) is 17.1 Å². The first kappa shape index (κ1) is 19.2. The second kappa shape index (κ2) is 7.36. The van der Waals surface area contributed by atoms with Crippen molar-refractivity contribution in [2.45, 2.75) is 24.5 Å². The van der Waals surface area contributed by atoms with E-state index in [2.05, 4.69) is 30.7 Å². The molecule has 0 bridgehead atoms. The smallest absolute Gasteiger partial charge is 0.254 e. The normalized spacial score (nSPS) is 24.2. The summed E-state index contributed by atoms with van der Waals surface area (Å²) in [6.07, 6.45) is -0.207. The summed E-state index contributed by atoms with van der Waals surface area (Å²) in [6, 6.07) is 0. The van der Waals surface area contributed by atoms with Crippen LogP contribution in [0.15, 0.2) is 18.7 Å². The minimum absolute atomic E-state index is 0.158. The molecule has 1 aliphatic rings. The van der Waals surface area contributed by atoms with Crippen molar-refractivity contribution in [3.8, 4) is 5.95 Å². The predicted octanol–water partition coefficient (Wildman–Crippen LogP) is -1.98. The Bertz CT molecular complexity index is 1050. The molecule has 0 radical (unpaired) electrons. The quantitative estimate of drug-likeness (QED) is 0.321. The largest absolute Gasteiger partial charge is 0.394 e. The van der Waals surface area contributed by atoms with Crippen molar-refractivity contribution in [1.29, 1.82) is 0 Å². The summed E-state index contributed by atoms with van der Waals surface area (Å²) >= 11 is 0. The molecule has 0 spiro atoms. The Kier molecular flexibility index (Phi) is 4.87. The van der Waals surface area contributed by atoms with Gasteiger partial charge >= 0.3 is 0 Å². The molecule has 1 saturated heterocycles. The highest BCUT2D eigenvalue weighted by Gasteiger charge is 2.44. The maximum atomic E-state index is 11.8. The minimum Gasteiger partial charge on any atom is -0.394 e. The van der Waals surface area contributed by atoms with Crippen molar-refractivity contribution in [3.05, 3.63) is 24.3 Å². The van der Waals surface area contributed by atoms with Crippen LogP contribution < -0.4 is 10.6 Å². The van der Waals surface area contributed by atoms with Crippen molar-refractivity contribution < 1.29 is 24.9 Å². The van der Waals surface area contributed by atoms with Gasteiger partial charge in [-0.15, -0.1) is 0 Å². The molecule has 3 aromatic rings. The molecule has 29 heavy (non-hydrogen) atoms. The van der Waals surface area contributed by atoms with E-state index >= 15 is 0 Å². The fourth-order valence-corrected chi connectivity index (χ4v) is 3.17. The number of aliphatic hydroxyl groups excluding tert-OH is 3. The number of carbonyl (C=O) groups excluding carboxylic acids is 1. The van der Waals surface area contributed by atoms with Crippen LogP contribution in [-0.2, 0) is 4.74 Å². The van der Waals surface area contributed by atoms with E-state index in [9.17, 15) is 20.1 Å². The van der Waals surface area contributed by atoms with Crippen molar-refractivity contribution in [1.82, 2.24) is 34.6 Å². The molecule has 13 heteroatoms. The maximum Gasteiger partial charge on any atom is 0.254 e. The summed E-state index contributed by atoms with van der Waals surface area (Å²) in [4.78, 5) is 24.9. The Morgan fingerprint density at radius 3 is 2.72 bits per heavy atom. The summed E-state index contributed by atoms with van der Waals surface area (Å²) in [5.74, 6) is 0.251. The number of rotatable bonds is 5. The average Bonchev–Trinajstić information content (AvgIpc) is 3.45. The summed E-state index contributed by atoms with van der Waals surface area (Å²) in [7, 11) is 3.18. The predicted molar refractivity (Wildman–Crippen MR) is 98.4 cm³/mol. The fraction of sp³-hybridized carbons (Fsp3) is 0.438. The van der Waals surface area contributed by atoms with Gasteiger partial charge in [0.05, 0.1) is 24.7 Å². The first-order chi connectivity index (χ1) is 14.0. The second-order valence-electron chi connectivity index (χ2n) is 6.43. The fourth-order valence-electron chi connectivity index (χ4n) is 3.17. The topological polar surface area (TPSA) is 172 Å². The lowest BCUT2D eigenvalue weighted by atomic mass is 10.1. The number of carbonyl (C=O) groups is 1. The molecule has 0 aromatic carbocycles. The van der Waals surface area contributed by atoms with E-state index in [0.717, 1.165) is 0 Å². The number of hydrogen-bond acceptors (Lipinski definition) is 10. The van der Waals surface area contributed by atoms with E-state index in [0.29, 0.717) is 22.5 Å². The average molecular weight is 404 g/mol. The van der Waals surface area contributed by atoms with E-state index in [4.69, 9.17) is 4.74 Å². The number of amides is 1. The molecule has 4 atom stereocenters. The lowest BCUT2D eigenvalue weighted by molar-refractivity contribution is -0.0511. The number of hydrogen-bond donors (Lipinski definition) is 5. The molecular formula is C16H20N8O5. The van der Waals surface area contributed by atoms with Crippen LogP contribution in [0.5, 0.6) is 0 Å². The van der Waals surface area contributed by atoms with Crippen molar-refractivity contribution in [3.63, 3.8) is 0 Å². The third-order valence-electron chi connectivity index (χ3n) is 4.71. The second-order valence-corrected chi connectivity index (χ2v) is 6.43. The SMILES string of the molecule is CNC(=O)c1cnn(-c2nc(NC)c3ncn([C@@H]4O[C@H](CO)[C@@H](O)[C@H]4O)c3n2)c1. The highest BCUT2D eigenvalue weighted by molar-refractivity contribution is 5.93. The van der Waals surface area contributed by atoms with Crippen LogP contribution >= 0.6 is 0 Å². The van der Waals surface area contributed by atoms with E-state index in [-0.39, 0.29) is 11.9 Å². The number of aliphatic hydroxyl groups is 3.